The van der Waals surface area contributed by atoms with Gasteiger partial charge in [0.05, 0.1) is 28.0 Å². The smallest absolute Gasteiger partial charge is 0.161 e. The number of pyridine rings is 1. The Hall–Kier alpha value is -8.87. The zero-order chi connectivity index (χ0) is 48.7. The minimum atomic E-state index is -0.0731. The van der Waals surface area contributed by atoms with E-state index in [1.807, 2.05) is 12.3 Å². The highest BCUT2D eigenvalue weighted by molar-refractivity contribution is 6.24. The van der Waals surface area contributed by atoms with Gasteiger partial charge < -0.3 is 19.0 Å². The molecule has 6 heteroatoms. The van der Waals surface area contributed by atoms with Crippen LogP contribution in [0.15, 0.2) is 217 Å². The second-order valence-electron chi connectivity index (χ2n) is 20.0. The molecule has 72 heavy (non-hydrogen) atoms. The number of ether oxygens (including phenoxy) is 1. The normalized spacial score (nSPS) is 12.7. The van der Waals surface area contributed by atoms with Crippen molar-refractivity contribution in [3.8, 4) is 50.7 Å². The van der Waals surface area contributed by atoms with Crippen LogP contribution < -0.4 is 14.5 Å². The Morgan fingerprint density at radius 2 is 1.14 bits per heavy atom. The number of para-hydroxylation sites is 2. The Morgan fingerprint density at radius 1 is 0.528 bits per heavy atom. The van der Waals surface area contributed by atoms with Crippen molar-refractivity contribution in [3.05, 3.63) is 229 Å². The maximum atomic E-state index is 6.92. The van der Waals surface area contributed by atoms with Crippen molar-refractivity contribution in [2.75, 3.05) is 16.5 Å². The molecule has 0 amide bonds. The Morgan fingerprint density at radius 3 is 1.82 bits per heavy atom. The predicted molar refractivity (Wildman–Crippen MR) is 299 cm³/mol. The zero-order valence-corrected chi connectivity index (χ0v) is 41.0. The number of aromatic nitrogens is 2. The summed E-state index contributed by atoms with van der Waals surface area (Å²) in [5, 5.41) is 4.37. The highest BCUT2D eigenvalue weighted by Crippen LogP contribution is 2.54. The molecule has 348 valence electrons. The van der Waals surface area contributed by atoms with Gasteiger partial charge in [0.15, 0.2) is 5.58 Å². The lowest BCUT2D eigenvalue weighted by molar-refractivity contribution is 0.483. The second-order valence-corrected chi connectivity index (χ2v) is 20.0. The van der Waals surface area contributed by atoms with Crippen molar-refractivity contribution >= 4 is 66.5 Å². The van der Waals surface area contributed by atoms with Gasteiger partial charge in [-0.05, 0) is 124 Å². The van der Waals surface area contributed by atoms with Gasteiger partial charge in [-0.2, -0.15) is 0 Å². The standard InChI is InChI=1S/C66H52N4O2/c1-42-59(45-21-9-6-10-22-45)43(2)61(47-25-13-8-14-26-47)63(60(42)46-23-11-7-12-24-46)69-41-68(54-30-17-18-31-55(54)69)49-27-19-28-50(39-49)71-51-33-34-53-56(40-51)70(58-38-48(36-37-67-58)66(3,4)5)64-62-52-29-16-15-20-44(52)32-35-57(62)72-65(53)64/h6-40H,41H2,1-5H3. The number of fused-ring (bicyclic) bond motifs is 8. The molecular weight excluding hydrogens is 881 g/mol. The Kier molecular flexibility index (Phi) is 10.1. The van der Waals surface area contributed by atoms with Crippen molar-refractivity contribution in [2.24, 2.45) is 0 Å². The summed E-state index contributed by atoms with van der Waals surface area (Å²) in [6.45, 7) is 11.9. The Balaban J connectivity index is 0.936. The van der Waals surface area contributed by atoms with Gasteiger partial charge in [0.1, 0.15) is 35.1 Å². The molecule has 0 unspecified atom stereocenters. The number of benzene rings is 9. The number of anilines is 4. The summed E-state index contributed by atoms with van der Waals surface area (Å²) in [6.07, 6.45) is 1.92. The molecule has 4 heterocycles. The summed E-state index contributed by atoms with van der Waals surface area (Å²) in [5.74, 6) is 2.29. The molecule has 1 aliphatic rings. The molecule has 3 aromatic heterocycles. The van der Waals surface area contributed by atoms with Crippen molar-refractivity contribution < 1.29 is 9.15 Å². The van der Waals surface area contributed by atoms with E-state index in [-0.39, 0.29) is 5.41 Å². The lowest BCUT2D eigenvalue weighted by atomic mass is 9.82. The highest BCUT2D eigenvalue weighted by atomic mass is 16.5. The molecule has 0 bridgehead atoms. The van der Waals surface area contributed by atoms with Crippen LogP contribution in [0.5, 0.6) is 11.5 Å². The average molecular weight is 933 g/mol. The van der Waals surface area contributed by atoms with E-state index >= 15 is 0 Å². The molecule has 13 rings (SSSR count). The molecular formula is C66H52N4O2. The molecule has 0 atom stereocenters. The van der Waals surface area contributed by atoms with Crippen LogP contribution in [-0.4, -0.2) is 16.2 Å². The first kappa shape index (κ1) is 43.2. The Bertz CT molecular complexity index is 3990. The molecule has 0 radical (unpaired) electrons. The van der Waals surface area contributed by atoms with Crippen molar-refractivity contribution in [1.29, 1.82) is 0 Å². The summed E-state index contributed by atoms with van der Waals surface area (Å²) in [6, 6.07) is 73.3. The van der Waals surface area contributed by atoms with Crippen molar-refractivity contribution in [2.45, 2.75) is 40.0 Å². The monoisotopic (exact) mass is 932 g/mol. The number of hydrogen-bond donors (Lipinski definition) is 0. The van der Waals surface area contributed by atoms with Crippen molar-refractivity contribution in [1.82, 2.24) is 9.55 Å². The molecule has 12 aromatic rings. The Labute approximate surface area is 419 Å². The van der Waals surface area contributed by atoms with Crippen LogP contribution in [-0.2, 0) is 5.41 Å². The molecule has 0 spiro atoms. The predicted octanol–water partition coefficient (Wildman–Crippen LogP) is 18.0. The van der Waals surface area contributed by atoms with Crippen LogP contribution in [0.1, 0.15) is 37.5 Å². The fourth-order valence-corrected chi connectivity index (χ4v) is 11.3. The largest absolute Gasteiger partial charge is 0.457 e. The van der Waals surface area contributed by atoms with Gasteiger partial charge in [-0.3, -0.25) is 4.57 Å². The van der Waals surface area contributed by atoms with Crippen LogP contribution in [0.3, 0.4) is 0 Å². The summed E-state index contributed by atoms with van der Waals surface area (Å²) in [4.78, 5) is 9.96. The zero-order valence-electron chi connectivity index (χ0n) is 41.0. The first-order valence-corrected chi connectivity index (χ1v) is 24.8. The lowest BCUT2D eigenvalue weighted by Gasteiger charge is -2.31. The summed E-state index contributed by atoms with van der Waals surface area (Å²) < 4.78 is 16.0. The van der Waals surface area contributed by atoms with Gasteiger partial charge in [-0.15, -0.1) is 0 Å². The number of rotatable bonds is 8. The lowest BCUT2D eigenvalue weighted by Crippen LogP contribution is -2.25. The van der Waals surface area contributed by atoms with Gasteiger partial charge in [0.2, 0.25) is 0 Å². The van der Waals surface area contributed by atoms with E-state index in [1.165, 1.54) is 55.8 Å². The molecule has 0 saturated heterocycles. The van der Waals surface area contributed by atoms with E-state index in [0.717, 1.165) is 78.1 Å². The van der Waals surface area contributed by atoms with Gasteiger partial charge >= 0.3 is 0 Å². The molecule has 0 saturated carbocycles. The first-order valence-electron chi connectivity index (χ1n) is 24.8. The van der Waals surface area contributed by atoms with Gasteiger partial charge in [-0.1, -0.05) is 160 Å². The van der Waals surface area contributed by atoms with E-state index in [9.17, 15) is 0 Å². The SMILES string of the molecule is Cc1c(-c2ccccc2)c(C)c(-c2ccccc2)c(N2CN(c3cccc(Oc4ccc5c6oc7ccc8ccccc8c7c6n(-c6cc(C(C)(C)C)ccn6)c5c4)c3)c3ccccc32)c1-c1ccccc1. The van der Waals surface area contributed by atoms with Crippen LogP contribution in [0.2, 0.25) is 0 Å². The van der Waals surface area contributed by atoms with E-state index < -0.39 is 0 Å². The fraction of sp³-hybridized carbons (Fsp3) is 0.106. The number of hydrogen-bond acceptors (Lipinski definition) is 5. The number of furan rings is 1. The first-order chi connectivity index (χ1) is 35.2. The minimum Gasteiger partial charge on any atom is -0.457 e. The summed E-state index contributed by atoms with van der Waals surface area (Å²) in [7, 11) is 0. The van der Waals surface area contributed by atoms with E-state index in [4.69, 9.17) is 14.1 Å². The third-order valence-electron chi connectivity index (χ3n) is 14.6. The van der Waals surface area contributed by atoms with Gasteiger partial charge in [-0.25, -0.2) is 4.98 Å². The molecule has 0 N–H and O–H groups in total. The quantitative estimate of drug-likeness (QED) is 0.152. The van der Waals surface area contributed by atoms with Crippen LogP contribution in [0.25, 0.3) is 82.9 Å². The fourth-order valence-electron chi connectivity index (χ4n) is 11.3. The molecule has 6 nitrogen and oxygen atoms in total. The highest BCUT2D eigenvalue weighted by Gasteiger charge is 2.34. The third kappa shape index (κ3) is 7.04. The van der Waals surface area contributed by atoms with E-state index in [0.29, 0.717) is 6.67 Å². The second kappa shape index (κ2) is 16.9. The van der Waals surface area contributed by atoms with Crippen molar-refractivity contribution in [3.63, 3.8) is 0 Å². The molecule has 1 aliphatic heterocycles. The summed E-state index contributed by atoms with van der Waals surface area (Å²) >= 11 is 0. The van der Waals surface area contributed by atoms with E-state index in [1.54, 1.807) is 0 Å². The maximum absolute atomic E-state index is 6.92. The van der Waals surface area contributed by atoms with Gasteiger partial charge in [0.25, 0.3) is 0 Å². The maximum Gasteiger partial charge on any atom is 0.161 e. The van der Waals surface area contributed by atoms with Crippen LogP contribution in [0.4, 0.5) is 22.7 Å². The van der Waals surface area contributed by atoms with E-state index in [2.05, 4.69) is 249 Å². The topological polar surface area (TPSA) is 46.7 Å². The molecule has 0 fully saturated rings. The minimum absolute atomic E-state index is 0.0731. The van der Waals surface area contributed by atoms with Crippen LogP contribution in [0, 0.1) is 13.8 Å². The van der Waals surface area contributed by atoms with Crippen LogP contribution >= 0.6 is 0 Å². The van der Waals surface area contributed by atoms with Gasteiger partial charge in [0, 0.05) is 40.5 Å². The molecule has 0 aliphatic carbocycles. The number of nitrogens with zero attached hydrogens (tertiary/aromatic N) is 4. The molecule has 9 aromatic carbocycles. The summed E-state index contributed by atoms with van der Waals surface area (Å²) in [5.41, 5.74) is 19.0. The third-order valence-corrected chi connectivity index (χ3v) is 14.6. The average Bonchev–Trinajstić information content (AvgIpc) is 4.08.